The van der Waals surface area contributed by atoms with Gasteiger partial charge >= 0.3 is 0 Å². The average Bonchev–Trinajstić information content (AvgIpc) is 2.54. The summed E-state index contributed by atoms with van der Waals surface area (Å²) < 4.78 is 28.3. The molecule has 5 atom stereocenters. The molecule has 0 radical (unpaired) electrons. The topological polar surface area (TPSA) is 26.0 Å². The van der Waals surface area contributed by atoms with Crippen LogP contribution >= 0.6 is 0 Å². The van der Waals surface area contributed by atoms with Gasteiger partial charge < -0.3 is 5.73 Å². The smallest absolute Gasteiger partial charge is 0.134 e. The first kappa shape index (κ1) is 19.1. The molecule has 0 spiro atoms. The average molecular weight is 330 g/mol. The van der Waals surface area contributed by atoms with Crippen molar-refractivity contribution >= 4 is 0 Å². The van der Waals surface area contributed by atoms with Gasteiger partial charge in [-0.25, -0.2) is 8.78 Å². The number of nitrogens with two attached hydrogens (primary N) is 1. The lowest BCUT2D eigenvalue weighted by atomic mass is 9.67. The fourth-order valence-electron chi connectivity index (χ4n) is 4.91. The van der Waals surface area contributed by atoms with Crippen molar-refractivity contribution in [1.29, 1.82) is 0 Å². The lowest BCUT2D eigenvalue weighted by Gasteiger charge is -2.40. The van der Waals surface area contributed by atoms with E-state index in [9.17, 15) is 8.78 Å². The van der Waals surface area contributed by atoms with Crippen molar-refractivity contribution in [3.63, 3.8) is 0 Å². The Balaban J connectivity index is 1.67. The van der Waals surface area contributed by atoms with E-state index in [-0.39, 0.29) is 11.8 Å². The van der Waals surface area contributed by atoms with E-state index in [1.54, 1.807) is 0 Å². The van der Waals surface area contributed by atoms with E-state index < -0.39 is 12.3 Å². The van der Waals surface area contributed by atoms with E-state index in [0.29, 0.717) is 12.0 Å². The maximum absolute atomic E-state index is 14.3. The summed E-state index contributed by atoms with van der Waals surface area (Å²) in [6.45, 7) is 4.04. The van der Waals surface area contributed by atoms with E-state index >= 15 is 0 Å². The zero-order chi connectivity index (χ0) is 16.8. The Labute approximate surface area is 141 Å². The summed E-state index contributed by atoms with van der Waals surface area (Å²) in [6.07, 6.45) is 9.91. The van der Waals surface area contributed by atoms with Crippen LogP contribution in [-0.4, -0.2) is 18.4 Å². The first-order valence-electron chi connectivity index (χ1n) is 10.1. The molecule has 1 nitrogen and oxygen atoms in total. The maximum atomic E-state index is 14.3. The summed E-state index contributed by atoms with van der Waals surface area (Å²) in [4.78, 5) is 0. The molecule has 2 aliphatic carbocycles. The maximum Gasteiger partial charge on any atom is 0.134 e. The number of halogens is 2. The molecule has 136 valence electrons. The quantitative estimate of drug-likeness (QED) is 0.626. The molecule has 0 saturated heterocycles. The highest BCUT2D eigenvalue weighted by Crippen LogP contribution is 2.44. The van der Waals surface area contributed by atoms with Gasteiger partial charge in [0.05, 0.1) is 0 Å². The Hall–Kier alpha value is -0.180. The first-order valence-corrected chi connectivity index (χ1v) is 10.1. The van der Waals surface area contributed by atoms with E-state index in [2.05, 4.69) is 6.92 Å². The molecule has 2 N–H and O–H groups in total. The Morgan fingerprint density at radius 2 is 1.65 bits per heavy atom. The monoisotopic (exact) mass is 329 g/mol. The van der Waals surface area contributed by atoms with Crippen LogP contribution in [0.2, 0.25) is 0 Å². The van der Waals surface area contributed by atoms with Crippen molar-refractivity contribution in [3.8, 4) is 0 Å². The minimum Gasteiger partial charge on any atom is -0.328 e. The molecule has 0 aromatic heterocycles. The highest BCUT2D eigenvalue weighted by molar-refractivity contribution is 4.91. The predicted octanol–water partition coefficient (Wildman–Crippen LogP) is 5.81. The molecule has 0 bridgehead atoms. The zero-order valence-corrected chi connectivity index (χ0v) is 15.2. The van der Waals surface area contributed by atoms with Gasteiger partial charge in [-0.1, -0.05) is 46.0 Å². The number of rotatable bonds is 7. The summed E-state index contributed by atoms with van der Waals surface area (Å²) in [5.41, 5.74) is 6.08. The molecular weight excluding hydrogens is 292 g/mol. The summed E-state index contributed by atoms with van der Waals surface area (Å²) in [5.74, 6) is 1.11. The molecular formula is C20H37F2N. The molecule has 0 aliphatic heterocycles. The van der Waals surface area contributed by atoms with Crippen LogP contribution in [0.25, 0.3) is 0 Å². The van der Waals surface area contributed by atoms with Gasteiger partial charge in [0, 0.05) is 6.04 Å². The van der Waals surface area contributed by atoms with Gasteiger partial charge in [-0.3, -0.25) is 0 Å². The second-order valence-electron chi connectivity index (χ2n) is 8.37. The first-order chi connectivity index (χ1) is 11.0. The lowest BCUT2D eigenvalue weighted by molar-refractivity contribution is -0.00671. The van der Waals surface area contributed by atoms with E-state index in [1.165, 1.54) is 32.1 Å². The summed E-state index contributed by atoms with van der Waals surface area (Å²) in [6, 6.07) is 0.370. The molecule has 2 rings (SSSR count). The van der Waals surface area contributed by atoms with Crippen LogP contribution in [0.5, 0.6) is 0 Å². The Morgan fingerprint density at radius 1 is 0.957 bits per heavy atom. The molecule has 2 aliphatic rings. The number of hydrogen-bond acceptors (Lipinski definition) is 1. The molecule has 0 heterocycles. The summed E-state index contributed by atoms with van der Waals surface area (Å²) in [7, 11) is 0. The van der Waals surface area contributed by atoms with Crippen molar-refractivity contribution in [1.82, 2.24) is 0 Å². The van der Waals surface area contributed by atoms with E-state index in [4.69, 9.17) is 5.73 Å². The van der Waals surface area contributed by atoms with Crippen LogP contribution in [0.4, 0.5) is 8.78 Å². The third-order valence-electron chi connectivity index (χ3n) is 6.56. The third-order valence-corrected chi connectivity index (χ3v) is 6.56. The minimum atomic E-state index is -1.23. The van der Waals surface area contributed by atoms with Crippen LogP contribution in [0.1, 0.15) is 84.5 Å². The molecule has 2 saturated carbocycles. The molecule has 23 heavy (non-hydrogen) atoms. The lowest BCUT2D eigenvalue weighted by Crippen LogP contribution is -2.41. The van der Waals surface area contributed by atoms with Gasteiger partial charge in [-0.15, -0.1) is 0 Å². The second-order valence-corrected chi connectivity index (χ2v) is 8.37. The fraction of sp³-hybridized carbons (Fsp3) is 1.00. The third kappa shape index (κ3) is 5.41. The van der Waals surface area contributed by atoms with Crippen molar-refractivity contribution in [3.05, 3.63) is 0 Å². The van der Waals surface area contributed by atoms with Crippen molar-refractivity contribution in [2.45, 2.75) is 103 Å². The largest absolute Gasteiger partial charge is 0.328 e. The van der Waals surface area contributed by atoms with Crippen molar-refractivity contribution in [2.75, 3.05) is 0 Å². The zero-order valence-electron chi connectivity index (χ0n) is 15.2. The van der Waals surface area contributed by atoms with Crippen molar-refractivity contribution in [2.24, 2.45) is 29.4 Å². The number of alkyl halides is 2. The van der Waals surface area contributed by atoms with Crippen LogP contribution in [0.15, 0.2) is 0 Å². The van der Waals surface area contributed by atoms with Gasteiger partial charge in [-0.05, 0) is 62.2 Å². The highest BCUT2D eigenvalue weighted by atomic mass is 19.2. The predicted molar refractivity (Wildman–Crippen MR) is 93.9 cm³/mol. The SMILES string of the molecule is CCCC(N)CCCC1CCC(C2CCC(C)C(F)C2F)CC1. The number of hydrogen-bond donors (Lipinski definition) is 1. The molecule has 0 aromatic rings. The van der Waals surface area contributed by atoms with Gasteiger partial charge in [0.2, 0.25) is 0 Å². The van der Waals surface area contributed by atoms with Crippen LogP contribution in [-0.2, 0) is 0 Å². The van der Waals surface area contributed by atoms with Crippen LogP contribution < -0.4 is 5.73 Å². The second kappa shape index (κ2) is 9.34. The molecule has 0 amide bonds. The Bertz CT molecular complexity index is 328. The Kier molecular flexibility index (Phi) is 7.78. The fourth-order valence-corrected chi connectivity index (χ4v) is 4.91. The van der Waals surface area contributed by atoms with Crippen LogP contribution in [0.3, 0.4) is 0 Å². The van der Waals surface area contributed by atoms with E-state index in [1.807, 2.05) is 6.92 Å². The summed E-state index contributed by atoms with van der Waals surface area (Å²) in [5, 5.41) is 0. The molecule has 5 unspecified atom stereocenters. The highest BCUT2D eigenvalue weighted by Gasteiger charge is 2.42. The normalized spacial score (nSPS) is 40.0. The van der Waals surface area contributed by atoms with Crippen molar-refractivity contribution < 1.29 is 8.78 Å². The minimum absolute atomic E-state index is 0.0138. The van der Waals surface area contributed by atoms with Gasteiger partial charge in [0.25, 0.3) is 0 Å². The van der Waals surface area contributed by atoms with Gasteiger partial charge in [0.15, 0.2) is 0 Å². The molecule has 3 heteroatoms. The van der Waals surface area contributed by atoms with Gasteiger partial charge in [-0.2, -0.15) is 0 Å². The molecule has 2 fully saturated rings. The van der Waals surface area contributed by atoms with Crippen LogP contribution in [0, 0.1) is 23.7 Å². The summed E-state index contributed by atoms with van der Waals surface area (Å²) >= 11 is 0. The standard InChI is InChI=1S/C20H37F2N/c1-3-5-17(23)7-4-6-15-9-11-16(12-10-15)18-13-8-14(2)19(21)20(18)22/h14-20H,3-13,23H2,1-2H3. The Morgan fingerprint density at radius 3 is 2.30 bits per heavy atom. The molecule has 0 aromatic carbocycles. The van der Waals surface area contributed by atoms with Gasteiger partial charge in [0.1, 0.15) is 12.3 Å². The van der Waals surface area contributed by atoms with E-state index in [0.717, 1.165) is 44.4 Å².